The number of aliphatic carboxylic acids is 1. The molecule has 45 nitrogen and oxygen atoms in total. The molecule has 0 fully saturated rings. The zero-order chi connectivity index (χ0) is 86.6. The first-order valence-electron chi connectivity index (χ1n) is 38.2. The Hall–Kier alpha value is -12.6. The second-order valence-corrected chi connectivity index (χ2v) is 29.0. The summed E-state index contributed by atoms with van der Waals surface area (Å²) in [6, 6.07) is -10.3. The average Bonchev–Trinajstić information content (AvgIpc) is 1.63. The number of aromatic hydroxyl groups is 1. The number of guanidine groups is 5. The van der Waals surface area contributed by atoms with Crippen LogP contribution >= 0.6 is 0 Å². The Balaban J connectivity index is 2.11. The van der Waals surface area contributed by atoms with Gasteiger partial charge in [0.25, 0.3) is 0 Å². The van der Waals surface area contributed by atoms with Gasteiger partial charge in [0.15, 0.2) is 29.8 Å². The number of carbonyl (C=O) groups excluding carboxylic acids is 11. The number of phenols is 1. The lowest BCUT2D eigenvalue weighted by molar-refractivity contribution is -0.142. The fraction of sp³-hybridized carbons (Fsp3) is 0.592. The number of hydrogen-bond donors (Lipinski definition) is 31. The highest BCUT2D eigenvalue weighted by atomic mass is 16.4. The standard InChI is InChI=1S/C71H121N31O14/c1-37(2)26-49(92-55(104)32-72)61(110)100-52(29-40-17-19-43(103)20-18-40)64(113)99-50(27-38(3)4)62(111)98-51(28-39(5)6)63(112)101-53(30-41-33-83-35-90-41)65(114)97-47(15-10-24-88-70(79)80)59(108)95-45(13-8-22-86-68(75)76)57(106)93-44(12-7-21-85-67(73)74)56(105)94-46(14-9-23-87-69(77)78)58(107)96-48(16-11-25-89-71(81)82)60(109)102-54(66(115)116)31-42-34-84-36-91-42/h17-20,33-39,44-54,103H,7-16,21-32,72H2,1-6H3,(H,83,90)(H,84,91)(H,92,104)(H,93,106)(H,94,105)(H,95,108)(H,96,107)(H,97,114)(H,98,111)(H,99,113)(H,100,110)(H,101,112)(H,102,109)(H,115,116)(H4,73,74,85)(H4,75,76,86)(H4,77,78,87)(H4,79,80,88)(H4,81,82,89)/t44-,45-,46-,47-,48-,49-,50-,51-,52-,53-,54-/m0/s1. The summed E-state index contributed by atoms with van der Waals surface area (Å²) in [7, 11) is 0. The van der Waals surface area contributed by atoms with E-state index in [0.717, 1.165) is 0 Å². The third-order valence-electron chi connectivity index (χ3n) is 17.5. The van der Waals surface area contributed by atoms with Crippen LogP contribution in [-0.2, 0) is 76.8 Å². The zero-order valence-electron chi connectivity index (χ0n) is 66.4. The van der Waals surface area contributed by atoms with Gasteiger partial charge >= 0.3 is 5.97 Å². The number of nitrogens with one attached hydrogen (secondary N) is 23. The fourth-order valence-corrected chi connectivity index (χ4v) is 11.8. The van der Waals surface area contributed by atoms with Crippen LogP contribution in [0.4, 0.5) is 0 Å². The van der Waals surface area contributed by atoms with Gasteiger partial charge in [-0.25, -0.2) is 14.8 Å². The molecule has 45 heteroatoms. The van der Waals surface area contributed by atoms with Crippen LogP contribution in [0.25, 0.3) is 0 Å². The minimum atomic E-state index is -1.60. The van der Waals surface area contributed by atoms with E-state index in [9.17, 15) is 58.2 Å². The van der Waals surface area contributed by atoms with E-state index in [2.05, 4.69) is 105 Å². The van der Waals surface area contributed by atoms with Gasteiger partial charge in [0.05, 0.1) is 30.6 Å². The van der Waals surface area contributed by atoms with E-state index < -0.39 is 174 Å². The highest BCUT2D eigenvalue weighted by Gasteiger charge is 2.38. The minimum absolute atomic E-state index is 0.00407. The number of aromatic nitrogens is 4. The van der Waals surface area contributed by atoms with Gasteiger partial charge < -0.3 is 140 Å². The molecule has 0 aliphatic carbocycles. The van der Waals surface area contributed by atoms with Crippen LogP contribution in [-0.4, -0.2) is 237 Å². The van der Waals surface area contributed by atoms with Crippen LogP contribution in [0.3, 0.4) is 0 Å². The summed E-state index contributed by atoms with van der Waals surface area (Å²) in [5, 5.41) is 101. The largest absolute Gasteiger partial charge is 0.508 e. The summed E-state index contributed by atoms with van der Waals surface area (Å²) < 4.78 is 0. The Kier molecular flexibility index (Phi) is 43.7. The predicted octanol–water partition coefficient (Wildman–Crippen LogP) is -6.30. The van der Waals surface area contributed by atoms with Gasteiger partial charge in [0.2, 0.25) is 65.0 Å². The summed E-state index contributed by atoms with van der Waals surface area (Å²) in [6.45, 7) is 10.3. The van der Waals surface area contributed by atoms with Crippen molar-refractivity contribution in [2.45, 2.75) is 211 Å². The number of hydrogen-bond acceptors (Lipinski definition) is 21. The number of phenolic OH excluding ortho intramolecular Hbond substituents is 1. The van der Waals surface area contributed by atoms with Gasteiger partial charge in [-0.3, -0.25) is 79.8 Å². The maximum atomic E-state index is 15.0. The molecule has 0 unspecified atom stereocenters. The number of aromatic amines is 2. The number of nitrogens with zero attached hydrogens (tertiary/aromatic N) is 2. The van der Waals surface area contributed by atoms with Crippen molar-refractivity contribution in [3.8, 4) is 5.75 Å². The minimum Gasteiger partial charge on any atom is -0.508 e. The lowest BCUT2D eigenvalue weighted by atomic mass is 9.98. The van der Waals surface area contributed by atoms with E-state index in [1.165, 1.54) is 49.3 Å². The maximum Gasteiger partial charge on any atom is 0.326 e. The first kappa shape index (κ1) is 97.6. The van der Waals surface area contributed by atoms with Crippen LogP contribution in [0.2, 0.25) is 0 Å². The first-order valence-corrected chi connectivity index (χ1v) is 38.2. The van der Waals surface area contributed by atoms with Crippen LogP contribution in [0.5, 0.6) is 5.75 Å². The highest BCUT2D eigenvalue weighted by Crippen LogP contribution is 2.17. The number of imidazole rings is 2. The molecule has 0 saturated heterocycles. The van der Waals surface area contributed by atoms with Crippen LogP contribution in [0.1, 0.15) is 142 Å². The van der Waals surface area contributed by atoms with Gasteiger partial charge in [0, 0.05) is 64.4 Å². The Morgan fingerprint density at radius 2 is 0.603 bits per heavy atom. The van der Waals surface area contributed by atoms with Crippen molar-refractivity contribution in [3.05, 3.63) is 66.3 Å². The van der Waals surface area contributed by atoms with Gasteiger partial charge in [-0.15, -0.1) is 0 Å². The van der Waals surface area contributed by atoms with Gasteiger partial charge in [0.1, 0.15) is 72.2 Å². The van der Waals surface area contributed by atoms with Crippen molar-refractivity contribution in [1.82, 2.24) is 105 Å². The van der Waals surface area contributed by atoms with Crippen LogP contribution in [0, 0.1) is 44.8 Å². The summed E-state index contributed by atoms with van der Waals surface area (Å²) in [5.74, 6) is -14.1. The summed E-state index contributed by atoms with van der Waals surface area (Å²) in [4.78, 5) is 185. The number of carboxylic acids is 1. The Bertz CT molecular complexity index is 3710. The number of nitrogens with two attached hydrogens (primary N) is 6. The third kappa shape index (κ3) is 39.7. The normalized spacial score (nSPS) is 13.9. The molecule has 0 aliphatic heterocycles. The average molecular weight is 1630 g/mol. The second-order valence-electron chi connectivity index (χ2n) is 29.0. The molecule has 0 bridgehead atoms. The smallest absolute Gasteiger partial charge is 0.326 e. The van der Waals surface area contributed by atoms with E-state index in [0.29, 0.717) is 5.56 Å². The molecule has 11 amide bonds. The third-order valence-corrected chi connectivity index (χ3v) is 17.5. The van der Waals surface area contributed by atoms with Crippen molar-refractivity contribution in [2.75, 3.05) is 39.3 Å². The molecule has 3 rings (SSSR count). The van der Waals surface area contributed by atoms with E-state index in [-0.39, 0.29) is 170 Å². The van der Waals surface area contributed by atoms with Gasteiger partial charge in [-0.2, -0.15) is 0 Å². The number of rotatable bonds is 55. The number of amides is 11. The van der Waals surface area contributed by atoms with Crippen molar-refractivity contribution >= 4 is 101 Å². The van der Waals surface area contributed by atoms with Crippen LogP contribution < -0.4 is 119 Å². The Morgan fingerprint density at radius 1 is 0.362 bits per heavy atom. The molecule has 116 heavy (non-hydrogen) atoms. The molecule has 11 atom stereocenters. The fourth-order valence-electron chi connectivity index (χ4n) is 11.8. The summed E-state index contributed by atoms with van der Waals surface area (Å²) in [5.41, 5.74) is 34.4. The maximum absolute atomic E-state index is 15.0. The molecule has 1 aromatic carbocycles. The Labute approximate surface area is 672 Å². The summed E-state index contributed by atoms with van der Waals surface area (Å²) >= 11 is 0. The molecule has 644 valence electrons. The van der Waals surface area contributed by atoms with Crippen molar-refractivity contribution in [3.63, 3.8) is 0 Å². The molecule has 37 N–H and O–H groups in total. The molecular weight excluding hydrogens is 1510 g/mol. The van der Waals surface area contributed by atoms with E-state index in [1.54, 1.807) is 27.7 Å². The van der Waals surface area contributed by atoms with Gasteiger partial charge in [-0.1, -0.05) is 53.7 Å². The number of carbonyl (C=O) groups is 12. The molecule has 0 radical (unpaired) electrons. The monoisotopic (exact) mass is 1630 g/mol. The number of H-pyrrole nitrogens is 2. The van der Waals surface area contributed by atoms with E-state index in [1.807, 2.05) is 13.8 Å². The Morgan fingerprint density at radius 3 is 0.862 bits per heavy atom. The molecular formula is C71H121N31O14. The molecule has 3 aromatic rings. The highest BCUT2D eigenvalue weighted by molar-refractivity contribution is 5.99. The molecule has 0 spiro atoms. The van der Waals surface area contributed by atoms with E-state index >= 15 is 9.59 Å². The zero-order valence-corrected chi connectivity index (χ0v) is 66.4. The quantitative estimate of drug-likeness (QED) is 0.0142. The lowest BCUT2D eigenvalue weighted by Gasteiger charge is -2.29. The molecule has 2 aromatic heterocycles. The topological polar surface area (TPSA) is 771 Å². The van der Waals surface area contributed by atoms with Crippen molar-refractivity contribution in [2.24, 2.45) is 52.2 Å². The van der Waals surface area contributed by atoms with Crippen LogP contribution in [0.15, 0.2) is 49.3 Å². The number of benzene rings is 1. The SMILES string of the molecule is CC(C)C[C@H](NC(=O)CN)C(=O)N[C@@H](Cc1ccc(O)cc1)C(=O)N[C@@H](CC(C)C)C(=O)N[C@@H](CC(C)C)C(=O)N[C@@H](Cc1c[nH]cn1)C(=O)N[C@@H](CCCNC(=N)N)C(=O)N[C@@H](CCCNC(=N)N)C(=O)N[C@@H](CCCNC(=N)N)C(=O)N[C@@H](CCCNC(=N)N)C(=O)N[C@@H](CCCNC(=N)N)C(=O)N[C@@H](Cc1c[nH]cn1)C(=O)O. The van der Waals surface area contributed by atoms with Gasteiger partial charge in [-0.05, 0) is 119 Å². The van der Waals surface area contributed by atoms with Crippen molar-refractivity contribution < 1.29 is 67.7 Å². The van der Waals surface area contributed by atoms with E-state index in [4.69, 9.17) is 61.4 Å². The summed E-state index contributed by atoms with van der Waals surface area (Å²) in [6.07, 6.45) is 3.98. The predicted molar refractivity (Wildman–Crippen MR) is 428 cm³/mol. The first-order chi connectivity index (χ1) is 54.8. The number of carboxylic acid groups (broad SMARTS) is 1. The second kappa shape index (κ2) is 51.9. The van der Waals surface area contributed by atoms with Crippen molar-refractivity contribution in [1.29, 1.82) is 27.0 Å². The molecule has 0 aliphatic rings. The lowest BCUT2D eigenvalue weighted by Crippen LogP contribution is -2.61. The molecule has 0 saturated carbocycles. The molecule has 2 heterocycles.